The molecule has 0 saturated heterocycles. The Morgan fingerprint density at radius 2 is 2.19 bits per heavy atom. The fraction of sp³-hybridized carbons (Fsp3) is 0.533. The van der Waals surface area contributed by atoms with Gasteiger partial charge in [0.2, 0.25) is 0 Å². The summed E-state index contributed by atoms with van der Waals surface area (Å²) in [5.74, 6) is 0.554. The van der Waals surface area contributed by atoms with Crippen LogP contribution in [0.3, 0.4) is 0 Å². The third-order valence-electron chi connectivity index (χ3n) is 3.99. The molecule has 2 atom stereocenters. The molecule has 1 aromatic heterocycles. The van der Waals surface area contributed by atoms with E-state index < -0.39 is 0 Å². The molecular formula is C15H22N4O2. The molecule has 1 heterocycles. The zero-order chi connectivity index (χ0) is 15.2. The van der Waals surface area contributed by atoms with E-state index in [0.717, 1.165) is 31.6 Å². The highest BCUT2D eigenvalue weighted by molar-refractivity contribution is 5.98. The van der Waals surface area contributed by atoms with Crippen LogP contribution in [0.1, 0.15) is 55.1 Å². The Kier molecular flexibility index (Phi) is 5.14. The van der Waals surface area contributed by atoms with Gasteiger partial charge in [-0.1, -0.05) is 24.9 Å². The van der Waals surface area contributed by atoms with E-state index in [0.29, 0.717) is 11.3 Å². The number of nitrogens with zero attached hydrogens (tertiary/aromatic N) is 2. The quantitative estimate of drug-likeness (QED) is 0.260. The first-order valence-electron chi connectivity index (χ1n) is 7.35. The fourth-order valence-electron chi connectivity index (χ4n) is 2.63. The number of hydrogen-bond donors (Lipinski definition) is 3. The van der Waals surface area contributed by atoms with Crippen LogP contribution in [0.25, 0.3) is 0 Å². The van der Waals surface area contributed by atoms with Gasteiger partial charge in [-0.3, -0.25) is 9.78 Å². The van der Waals surface area contributed by atoms with Gasteiger partial charge < -0.3 is 16.3 Å². The van der Waals surface area contributed by atoms with Crippen LogP contribution in [-0.4, -0.2) is 28.0 Å². The normalized spacial score (nSPS) is 23.4. The number of nitrogens with two attached hydrogens (primary N) is 1. The molecule has 0 bridgehead atoms. The highest BCUT2D eigenvalue weighted by atomic mass is 16.4. The molecule has 2 rings (SSSR count). The summed E-state index contributed by atoms with van der Waals surface area (Å²) in [6, 6.07) is 3.43. The maximum Gasteiger partial charge on any atom is 0.270 e. The first-order valence-corrected chi connectivity index (χ1v) is 7.35. The lowest BCUT2D eigenvalue weighted by Gasteiger charge is -2.16. The van der Waals surface area contributed by atoms with Crippen molar-refractivity contribution in [3.8, 4) is 0 Å². The Hall–Kier alpha value is -2.11. The van der Waals surface area contributed by atoms with Gasteiger partial charge in [0.15, 0.2) is 5.84 Å². The Bertz CT molecular complexity index is 513. The minimum absolute atomic E-state index is 0.0211. The molecule has 1 aromatic rings. The van der Waals surface area contributed by atoms with E-state index in [4.69, 9.17) is 10.9 Å². The molecule has 1 amide bonds. The van der Waals surface area contributed by atoms with Gasteiger partial charge in [-0.15, -0.1) is 0 Å². The van der Waals surface area contributed by atoms with Crippen molar-refractivity contribution in [3.63, 3.8) is 0 Å². The van der Waals surface area contributed by atoms with Gasteiger partial charge in [0.1, 0.15) is 5.69 Å². The number of pyridine rings is 1. The Labute approximate surface area is 124 Å². The monoisotopic (exact) mass is 290 g/mol. The molecule has 6 heteroatoms. The van der Waals surface area contributed by atoms with E-state index in [-0.39, 0.29) is 17.8 Å². The predicted octanol–water partition coefficient (Wildman–Crippen LogP) is 1.87. The lowest BCUT2D eigenvalue weighted by molar-refractivity contribution is 0.0928. The largest absolute Gasteiger partial charge is 0.409 e. The molecule has 1 aliphatic carbocycles. The van der Waals surface area contributed by atoms with E-state index in [2.05, 4.69) is 22.4 Å². The predicted molar refractivity (Wildman–Crippen MR) is 80.3 cm³/mol. The third-order valence-corrected chi connectivity index (χ3v) is 3.99. The van der Waals surface area contributed by atoms with Gasteiger partial charge in [0.05, 0.1) is 0 Å². The van der Waals surface area contributed by atoms with E-state index in [1.165, 1.54) is 12.6 Å². The molecule has 6 nitrogen and oxygen atoms in total. The molecule has 0 radical (unpaired) electrons. The number of aromatic nitrogens is 1. The first kappa shape index (κ1) is 15.3. The van der Waals surface area contributed by atoms with Crippen molar-refractivity contribution in [1.82, 2.24) is 10.3 Å². The van der Waals surface area contributed by atoms with Gasteiger partial charge in [-0.2, -0.15) is 0 Å². The fourth-order valence-corrected chi connectivity index (χ4v) is 2.63. The molecule has 0 aromatic carbocycles. The van der Waals surface area contributed by atoms with Crippen LogP contribution in [0, 0.1) is 5.92 Å². The Morgan fingerprint density at radius 3 is 2.86 bits per heavy atom. The number of carbonyl (C=O) groups is 1. The van der Waals surface area contributed by atoms with Gasteiger partial charge in [0, 0.05) is 17.8 Å². The lowest BCUT2D eigenvalue weighted by atomic mass is 10.0. The number of rotatable bonds is 3. The summed E-state index contributed by atoms with van der Waals surface area (Å²) >= 11 is 0. The molecule has 1 fully saturated rings. The van der Waals surface area contributed by atoms with Crippen LogP contribution in [-0.2, 0) is 0 Å². The summed E-state index contributed by atoms with van der Waals surface area (Å²) < 4.78 is 0. The van der Waals surface area contributed by atoms with Crippen molar-refractivity contribution >= 4 is 11.7 Å². The van der Waals surface area contributed by atoms with E-state index in [1.54, 1.807) is 12.1 Å². The average Bonchev–Trinajstić information content (AvgIpc) is 2.71. The molecule has 0 aliphatic heterocycles. The van der Waals surface area contributed by atoms with Gasteiger partial charge in [0.25, 0.3) is 5.91 Å². The zero-order valence-electron chi connectivity index (χ0n) is 12.2. The number of amidine groups is 1. The van der Waals surface area contributed by atoms with Crippen LogP contribution >= 0.6 is 0 Å². The Morgan fingerprint density at radius 1 is 1.38 bits per heavy atom. The molecule has 1 aliphatic rings. The van der Waals surface area contributed by atoms with Crippen LogP contribution in [0.4, 0.5) is 0 Å². The van der Waals surface area contributed by atoms with Crippen molar-refractivity contribution in [3.05, 3.63) is 29.6 Å². The smallest absolute Gasteiger partial charge is 0.270 e. The van der Waals surface area contributed by atoms with Crippen molar-refractivity contribution in [2.24, 2.45) is 16.8 Å². The number of hydrogen-bond acceptors (Lipinski definition) is 4. The molecule has 4 N–H and O–H groups in total. The van der Waals surface area contributed by atoms with E-state index in [9.17, 15) is 4.79 Å². The summed E-state index contributed by atoms with van der Waals surface area (Å²) in [5, 5.41) is 14.5. The first-order chi connectivity index (χ1) is 10.1. The lowest BCUT2D eigenvalue weighted by Crippen LogP contribution is -2.35. The van der Waals surface area contributed by atoms with Crippen molar-refractivity contribution < 1.29 is 10.0 Å². The van der Waals surface area contributed by atoms with Gasteiger partial charge in [-0.25, -0.2) is 0 Å². The second-order valence-electron chi connectivity index (χ2n) is 5.70. The maximum absolute atomic E-state index is 12.2. The minimum Gasteiger partial charge on any atom is -0.409 e. The number of nitrogens with one attached hydrogen (secondary N) is 1. The van der Waals surface area contributed by atoms with Crippen molar-refractivity contribution in [2.45, 2.75) is 45.1 Å². The van der Waals surface area contributed by atoms with Crippen molar-refractivity contribution in [1.29, 1.82) is 0 Å². The molecule has 114 valence electrons. The molecule has 21 heavy (non-hydrogen) atoms. The number of carbonyl (C=O) groups excluding carboxylic acids is 1. The van der Waals surface area contributed by atoms with E-state index in [1.807, 2.05) is 0 Å². The topological polar surface area (TPSA) is 101 Å². The molecule has 2 unspecified atom stereocenters. The van der Waals surface area contributed by atoms with Crippen LogP contribution in [0.5, 0.6) is 0 Å². The summed E-state index contributed by atoms with van der Waals surface area (Å²) in [5.41, 5.74) is 6.29. The van der Waals surface area contributed by atoms with Gasteiger partial charge >= 0.3 is 0 Å². The summed E-state index contributed by atoms with van der Waals surface area (Å²) in [6.07, 6.45) is 7.02. The average molecular weight is 290 g/mol. The highest BCUT2D eigenvalue weighted by Gasteiger charge is 2.19. The summed E-state index contributed by atoms with van der Waals surface area (Å²) in [6.45, 7) is 2.26. The van der Waals surface area contributed by atoms with Crippen LogP contribution in [0.15, 0.2) is 23.5 Å². The number of oxime groups is 1. The Balaban J connectivity index is 1.96. The van der Waals surface area contributed by atoms with Gasteiger partial charge in [-0.05, 0) is 37.3 Å². The maximum atomic E-state index is 12.2. The molecule has 0 spiro atoms. The zero-order valence-corrected chi connectivity index (χ0v) is 12.2. The minimum atomic E-state index is -0.166. The van der Waals surface area contributed by atoms with Crippen LogP contribution in [0.2, 0.25) is 0 Å². The third kappa shape index (κ3) is 4.18. The van der Waals surface area contributed by atoms with E-state index >= 15 is 0 Å². The highest BCUT2D eigenvalue weighted by Crippen LogP contribution is 2.22. The van der Waals surface area contributed by atoms with Crippen LogP contribution < -0.4 is 11.1 Å². The summed E-state index contributed by atoms with van der Waals surface area (Å²) in [7, 11) is 0. The molecule has 1 saturated carbocycles. The summed E-state index contributed by atoms with van der Waals surface area (Å²) in [4.78, 5) is 16.2. The molecular weight excluding hydrogens is 268 g/mol. The van der Waals surface area contributed by atoms with Crippen molar-refractivity contribution in [2.75, 3.05) is 0 Å². The second kappa shape index (κ2) is 7.06. The number of amides is 1. The second-order valence-corrected chi connectivity index (χ2v) is 5.70. The SMILES string of the molecule is CC1CCCC(NC(=O)c2ccc(/C(N)=N/O)cn2)CC1. The standard InChI is InChI=1S/C15H22N4O2/c1-10-3-2-4-12(7-5-10)18-15(20)13-8-6-11(9-17-13)14(16)19-21/h6,8-10,12,21H,2-5,7H2,1H3,(H2,16,19)(H,18,20).